The Bertz CT molecular complexity index is 1370. The van der Waals surface area contributed by atoms with Gasteiger partial charge in [0.25, 0.3) is 0 Å². The average Bonchev–Trinajstić information content (AvgIpc) is 3.49. The van der Waals surface area contributed by atoms with Crippen LogP contribution in [0.5, 0.6) is 0 Å². The summed E-state index contributed by atoms with van der Waals surface area (Å²) in [5.41, 5.74) is 10.1. The highest BCUT2D eigenvalue weighted by Gasteiger charge is 2.35. The van der Waals surface area contributed by atoms with Crippen LogP contribution in [0.1, 0.15) is 27.1 Å². The second kappa shape index (κ2) is 7.33. The van der Waals surface area contributed by atoms with Gasteiger partial charge in [-0.15, -0.1) is 22.7 Å². The van der Waals surface area contributed by atoms with E-state index in [0.29, 0.717) is 0 Å². The van der Waals surface area contributed by atoms with Gasteiger partial charge in [0.2, 0.25) is 0 Å². The van der Waals surface area contributed by atoms with Crippen molar-refractivity contribution in [3.05, 3.63) is 52.9 Å². The molecule has 1 aliphatic heterocycles. The van der Waals surface area contributed by atoms with Crippen LogP contribution >= 0.6 is 78.4 Å². The third-order valence-corrected chi connectivity index (χ3v) is 10.8. The third-order valence-electron chi connectivity index (χ3n) is 5.32. The quantitative estimate of drug-likeness (QED) is 0.244. The molecule has 0 spiro atoms. The Morgan fingerprint density at radius 3 is 2.30 bits per heavy atom. The largest absolute Gasteiger partial charge is 0.231 e. The number of rotatable bonds is 2. The van der Waals surface area contributed by atoms with E-state index in [9.17, 15) is 0 Å². The predicted octanol–water partition coefficient (Wildman–Crippen LogP) is 7.50. The number of fused-ring (bicyclic) bond motifs is 5. The maximum absolute atomic E-state index is 4.78. The Morgan fingerprint density at radius 2 is 1.60 bits per heavy atom. The molecule has 2 aliphatic rings. The first-order valence-electron chi connectivity index (χ1n) is 9.04. The van der Waals surface area contributed by atoms with Crippen LogP contribution in [-0.2, 0) is 0 Å². The summed E-state index contributed by atoms with van der Waals surface area (Å²) < 4.78 is 20.0. The van der Waals surface area contributed by atoms with E-state index in [1.807, 2.05) is 0 Å². The van der Waals surface area contributed by atoms with E-state index in [2.05, 4.69) is 79.1 Å². The molecule has 1 N–H and O–H groups in total. The number of hydrogen-bond donors (Lipinski definition) is 1. The molecule has 150 valence electrons. The first kappa shape index (κ1) is 19.8. The van der Waals surface area contributed by atoms with Gasteiger partial charge in [0, 0.05) is 26.4 Å². The molecule has 1 unspecified atom stereocenters. The van der Waals surface area contributed by atoms with Gasteiger partial charge in [-0.2, -0.15) is 8.75 Å². The van der Waals surface area contributed by atoms with Crippen LogP contribution in [0, 0.1) is 13.8 Å². The lowest BCUT2D eigenvalue weighted by atomic mass is 9.84. The highest BCUT2D eigenvalue weighted by Crippen LogP contribution is 2.45. The molecule has 1 atom stereocenters. The third kappa shape index (κ3) is 2.96. The van der Waals surface area contributed by atoms with E-state index in [1.54, 1.807) is 22.7 Å². The lowest BCUT2D eigenvalue weighted by Crippen LogP contribution is -2.32. The van der Waals surface area contributed by atoms with Crippen LogP contribution in [0.3, 0.4) is 0 Å². The maximum atomic E-state index is 4.78. The van der Waals surface area contributed by atoms with Crippen molar-refractivity contribution in [3.63, 3.8) is 0 Å². The summed E-state index contributed by atoms with van der Waals surface area (Å²) in [4.78, 5) is 2.44. The van der Waals surface area contributed by atoms with Crippen LogP contribution in [-0.4, -0.2) is 20.5 Å². The number of nitrogens with zero attached hydrogens (tertiary/aromatic N) is 3. The maximum Gasteiger partial charge on any atom is 0.114 e. The lowest BCUT2D eigenvalue weighted by Gasteiger charge is -2.23. The summed E-state index contributed by atoms with van der Waals surface area (Å²) in [6, 6.07) is 6.77. The fourth-order valence-corrected chi connectivity index (χ4v) is 8.21. The van der Waals surface area contributed by atoms with E-state index < -0.39 is 0 Å². The minimum atomic E-state index is 0.0705. The van der Waals surface area contributed by atoms with Crippen molar-refractivity contribution in [1.29, 1.82) is 0 Å². The van der Waals surface area contributed by atoms with E-state index >= 15 is 0 Å². The molecule has 6 rings (SSSR count). The second-order valence-corrected chi connectivity index (χ2v) is 13.1. The Kier molecular flexibility index (Phi) is 4.83. The molecule has 0 radical (unpaired) electrons. The zero-order valence-electron chi connectivity index (χ0n) is 15.6. The summed E-state index contributed by atoms with van der Waals surface area (Å²) in [6.45, 7) is 4.25. The summed E-state index contributed by atoms with van der Waals surface area (Å²) in [7, 11) is 0. The van der Waals surface area contributed by atoms with Crippen molar-refractivity contribution in [2.24, 2.45) is 4.40 Å². The molecule has 1 aromatic carbocycles. The summed E-state index contributed by atoms with van der Waals surface area (Å²) in [6.07, 6.45) is 2.28. The van der Waals surface area contributed by atoms with Gasteiger partial charge >= 0.3 is 0 Å². The SMILES string of the molecule is Cc1cc(C2=Cc3c(cc(-c4cc(C)c(Br)s4)c4nsnc34)C3=NSNC23)sc1Br. The number of aromatic nitrogens is 2. The summed E-state index contributed by atoms with van der Waals surface area (Å²) in [5.74, 6) is 0. The molecule has 0 saturated heterocycles. The summed E-state index contributed by atoms with van der Waals surface area (Å²) >= 11 is 13.5. The molecule has 0 saturated carbocycles. The van der Waals surface area contributed by atoms with Gasteiger partial charge in [0.15, 0.2) is 0 Å². The first-order chi connectivity index (χ1) is 14.5. The number of aryl methyl sites for hydroxylation is 2. The molecular formula is C20H12Br2N4S4. The van der Waals surface area contributed by atoms with Crippen LogP contribution in [0.4, 0.5) is 0 Å². The van der Waals surface area contributed by atoms with Crippen molar-refractivity contribution in [1.82, 2.24) is 13.5 Å². The molecule has 0 bridgehead atoms. The van der Waals surface area contributed by atoms with E-state index in [0.717, 1.165) is 37.2 Å². The number of halogens is 2. The Morgan fingerprint density at radius 1 is 0.900 bits per heavy atom. The van der Waals surface area contributed by atoms with Crippen molar-refractivity contribution in [3.8, 4) is 10.4 Å². The molecule has 4 heterocycles. The number of nitrogens with one attached hydrogen (secondary N) is 1. The fourth-order valence-electron chi connectivity index (χ4n) is 3.81. The Balaban J connectivity index is 1.64. The monoisotopic (exact) mass is 594 g/mol. The zero-order chi connectivity index (χ0) is 20.6. The smallest absolute Gasteiger partial charge is 0.114 e. The Labute approximate surface area is 206 Å². The lowest BCUT2D eigenvalue weighted by molar-refractivity contribution is 1.03. The number of thiophene rings is 2. The molecule has 10 heteroatoms. The van der Waals surface area contributed by atoms with Gasteiger partial charge in [0.05, 0.1) is 43.2 Å². The van der Waals surface area contributed by atoms with E-state index in [1.165, 1.54) is 54.1 Å². The highest BCUT2D eigenvalue weighted by atomic mass is 79.9. The van der Waals surface area contributed by atoms with Gasteiger partial charge in [-0.3, -0.25) is 0 Å². The van der Waals surface area contributed by atoms with Crippen molar-refractivity contribution >= 4 is 107 Å². The fraction of sp³-hybridized carbons (Fsp3) is 0.150. The second-order valence-electron chi connectivity index (χ2n) is 7.20. The highest BCUT2D eigenvalue weighted by molar-refractivity contribution is 9.11. The van der Waals surface area contributed by atoms with Gasteiger partial charge in [-0.05, 0) is 86.7 Å². The van der Waals surface area contributed by atoms with Gasteiger partial charge < -0.3 is 0 Å². The van der Waals surface area contributed by atoms with Crippen LogP contribution in [0.25, 0.3) is 33.1 Å². The summed E-state index contributed by atoms with van der Waals surface area (Å²) in [5, 5.41) is 0. The molecule has 4 aromatic rings. The molecule has 1 aliphatic carbocycles. The van der Waals surface area contributed by atoms with Crippen molar-refractivity contribution in [2.45, 2.75) is 19.9 Å². The van der Waals surface area contributed by atoms with Crippen LogP contribution in [0.15, 0.2) is 30.2 Å². The van der Waals surface area contributed by atoms with Gasteiger partial charge in [-0.25, -0.2) is 9.12 Å². The standard InChI is InChI=1S/C20H12Br2N4S4/c1-7-3-13(27-19(7)21)11-5-9-10(15-17(11)25-29-23-15)6-12(18-16(9)24-30-26-18)14-4-8(2)20(22)28-14/h3-6,17,25H,1-2H3. The van der Waals surface area contributed by atoms with E-state index in [4.69, 9.17) is 8.77 Å². The van der Waals surface area contributed by atoms with Gasteiger partial charge in [0.1, 0.15) is 11.0 Å². The molecule has 0 fully saturated rings. The molecule has 3 aromatic heterocycles. The van der Waals surface area contributed by atoms with Crippen LogP contribution < -0.4 is 4.72 Å². The minimum absolute atomic E-state index is 0.0705. The normalized spacial score (nSPS) is 17.8. The predicted molar refractivity (Wildman–Crippen MR) is 139 cm³/mol. The topological polar surface area (TPSA) is 50.2 Å². The van der Waals surface area contributed by atoms with Crippen molar-refractivity contribution < 1.29 is 0 Å². The zero-order valence-corrected chi connectivity index (χ0v) is 22.1. The molecule has 0 amide bonds. The van der Waals surface area contributed by atoms with Crippen molar-refractivity contribution in [2.75, 3.05) is 0 Å². The van der Waals surface area contributed by atoms with Gasteiger partial charge in [-0.1, -0.05) is 0 Å². The minimum Gasteiger partial charge on any atom is -0.231 e. The molecule has 4 nitrogen and oxygen atoms in total. The molecular weight excluding hydrogens is 584 g/mol. The Hall–Kier alpha value is -0.880. The van der Waals surface area contributed by atoms with E-state index in [-0.39, 0.29) is 6.04 Å². The first-order valence-corrected chi connectivity index (χ1v) is 13.8. The average molecular weight is 596 g/mol. The van der Waals surface area contributed by atoms with Crippen LogP contribution in [0.2, 0.25) is 0 Å². The molecule has 30 heavy (non-hydrogen) atoms. The number of hydrogen-bond acceptors (Lipinski definition) is 8. The number of benzene rings is 1.